The molecule has 0 N–H and O–H groups in total. The summed E-state index contributed by atoms with van der Waals surface area (Å²) >= 11 is 2.41. The van der Waals surface area contributed by atoms with Gasteiger partial charge in [-0.3, -0.25) is 0 Å². The van der Waals surface area contributed by atoms with Gasteiger partial charge in [-0.25, -0.2) is 0 Å². The molecular weight excluding hydrogens is 351 g/mol. The molecular formula is C16H29IO2. The molecule has 1 aliphatic rings. The van der Waals surface area contributed by atoms with E-state index in [0.717, 1.165) is 10.8 Å². The van der Waals surface area contributed by atoms with Crippen LogP contribution in [0.3, 0.4) is 0 Å². The zero-order valence-corrected chi connectivity index (χ0v) is 15.3. The van der Waals surface area contributed by atoms with Crippen LogP contribution in [0.4, 0.5) is 0 Å². The average molecular weight is 380 g/mol. The van der Waals surface area contributed by atoms with Gasteiger partial charge in [0.05, 0.1) is 12.2 Å². The number of hydrogen-bond donors (Lipinski definition) is 0. The van der Waals surface area contributed by atoms with Crippen molar-refractivity contribution in [3.05, 3.63) is 12.2 Å². The topological polar surface area (TPSA) is 18.5 Å². The number of rotatable bonds is 6. The van der Waals surface area contributed by atoms with Crippen molar-refractivity contribution in [1.82, 2.24) is 0 Å². The molecule has 3 heteroatoms. The maximum absolute atomic E-state index is 6.09. The first-order valence-electron chi connectivity index (χ1n) is 7.36. The van der Waals surface area contributed by atoms with Crippen LogP contribution in [-0.4, -0.2) is 22.4 Å². The third kappa shape index (κ3) is 5.35. The summed E-state index contributed by atoms with van der Waals surface area (Å²) in [4.78, 5) is 0. The molecule has 0 aromatic heterocycles. The summed E-state index contributed by atoms with van der Waals surface area (Å²) in [6, 6.07) is 0. The van der Waals surface area contributed by atoms with Crippen molar-refractivity contribution < 1.29 is 9.47 Å². The van der Waals surface area contributed by atoms with E-state index in [2.05, 4.69) is 62.4 Å². The molecule has 0 aromatic carbocycles. The van der Waals surface area contributed by atoms with Crippen LogP contribution in [-0.2, 0) is 9.47 Å². The minimum Gasteiger partial charge on any atom is -0.345 e. The zero-order valence-electron chi connectivity index (χ0n) is 13.2. The lowest BCUT2D eigenvalue weighted by Gasteiger charge is -2.21. The van der Waals surface area contributed by atoms with Crippen LogP contribution in [0, 0.1) is 17.8 Å². The minimum atomic E-state index is -0.438. The predicted molar refractivity (Wildman–Crippen MR) is 89.6 cm³/mol. The van der Waals surface area contributed by atoms with Gasteiger partial charge in [-0.2, -0.15) is 0 Å². The molecule has 2 nitrogen and oxygen atoms in total. The smallest absolute Gasteiger partial charge is 0.163 e. The lowest BCUT2D eigenvalue weighted by molar-refractivity contribution is -0.148. The number of ether oxygens (including phenoxy) is 2. The van der Waals surface area contributed by atoms with E-state index in [4.69, 9.17) is 9.47 Å². The van der Waals surface area contributed by atoms with E-state index in [0.29, 0.717) is 17.8 Å². The number of alkyl halides is 1. The fraction of sp³-hybridized carbons (Fsp3) is 0.875. The second kappa shape index (κ2) is 7.41. The quantitative estimate of drug-likeness (QED) is 0.374. The van der Waals surface area contributed by atoms with Gasteiger partial charge < -0.3 is 9.47 Å². The molecule has 112 valence electrons. The molecule has 0 aromatic rings. The molecule has 0 aliphatic carbocycles. The molecule has 0 bridgehead atoms. The Morgan fingerprint density at radius 2 is 1.74 bits per heavy atom. The molecule has 0 spiro atoms. The van der Waals surface area contributed by atoms with Crippen molar-refractivity contribution >= 4 is 22.6 Å². The van der Waals surface area contributed by atoms with E-state index in [1.165, 1.54) is 0 Å². The molecule has 0 radical (unpaired) electrons. The first-order valence-corrected chi connectivity index (χ1v) is 8.89. The Labute approximate surface area is 132 Å². The van der Waals surface area contributed by atoms with Crippen LogP contribution in [0.25, 0.3) is 0 Å². The molecule has 1 unspecified atom stereocenters. The monoisotopic (exact) mass is 380 g/mol. The highest BCUT2D eigenvalue weighted by atomic mass is 127. The van der Waals surface area contributed by atoms with Crippen molar-refractivity contribution in [1.29, 1.82) is 0 Å². The number of allylic oxidation sites excluding steroid dienone is 1. The number of hydrogen-bond acceptors (Lipinski definition) is 2. The van der Waals surface area contributed by atoms with Crippen LogP contribution in [0.5, 0.6) is 0 Å². The van der Waals surface area contributed by atoms with Gasteiger partial charge in [0.1, 0.15) is 0 Å². The van der Waals surface area contributed by atoms with E-state index in [-0.39, 0.29) is 12.2 Å². The van der Waals surface area contributed by atoms with Gasteiger partial charge in [0.25, 0.3) is 0 Å². The largest absolute Gasteiger partial charge is 0.345 e. The van der Waals surface area contributed by atoms with Crippen molar-refractivity contribution in [3.8, 4) is 0 Å². The first kappa shape index (κ1) is 17.4. The second-order valence-corrected chi connectivity index (χ2v) is 7.54. The van der Waals surface area contributed by atoms with Gasteiger partial charge in [-0.1, -0.05) is 62.4 Å². The molecule has 1 heterocycles. The summed E-state index contributed by atoms with van der Waals surface area (Å²) in [6.45, 7) is 13.1. The van der Waals surface area contributed by atoms with Crippen LogP contribution < -0.4 is 0 Å². The SMILES string of the molecule is CC(C)[C@H](C)/C=C\C(C)[C@H]1OC(C)(C)O[C@H]1CCI. The number of halogens is 1. The summed E-state index contributed by atoms with van der Waals surface area (Å²) < 4.78 is 13.2. The molecule has 1 aliphatic heterocycles. The lowest BCUT2D eigenvalue weighted by atomic mass is 9.93. The molecule has 0 saturated carbocycles. The average Bonchev–Trinajstić information content (AvgIpc) is 2.61. The van der Waals surface area contributed by atoms with Crippen molar-refractivity contribution in [2.45, 2.75) is 66.0 Å². The molecule has 19 heavy (non-hydrogen) atoms. The van der Waals surface area contributed by atoms with Gasteiger partial charge in [0.15, 0.2) is 5.79 Å². The van der Waals surface area contributed by atoms with E-state index in [1.54, 1.807) is 0 Å². The molecule has 1 rings (SSSR count). The third-order valence-corrected chi connectivity index (χ3v) is 4.53. The molecule has 1 saturated heterocycles. The van der Waals surface area contributed by atoms with E-state index in [1.807, 2.05) is 13.8 Å². The van der Waals surface area contributed by atoms with E-state index in [9.17, 15) is 0 Å². The summed E-state index contributed by atoms with van der Waals surface area (Å²) in [5.41, 5.74) is 0. The maximum Gasteiger partial charge on any atom is 0.163 e. The fourth-order valence-corrected chi connectivity index (χ4v) is 2.94. The minimum absolute atomic E-state index is 0.181. The summed E-state index contributed by atoms with van der Waals surface area (Å²) in [5.74, 6) is 1.26. The highest BCUT2D eigenvalue weighted by molar-refractivity contribution is 14.1. The normalized spacial score (nSPS) is 30.1. The molecule has 4 atom stereocenters. The second-order valence-electron chi connectivity index (χ2n) is 6.46. The van der Waals surface area contributed by atoms with Crippen LogP contribution in [0.2, 0.25) is 0 Å². The molecule has 0 amide bonds. The van der Waals surface area contributed by atoms with Gasteiger partial charge in [0.2, 0.25) is 0 Å². The van der Waals surface area contributed by atoms with E-state index >= 15 is 0 Å². The van der Waals surface area contributed by atoms with Gasteiger partial charge >= 0.3 is 0 Å². The Morgan fingerprint density at radius 1 is 1.11 bits per heavy atom. The van der Waals surface area contributed by atoms with Crippen LogP contribution in [0.15, 0.2) is 12.2 Å². The summed E-state index contributed by atoms with van der Waals surface area (Å²) in [7, 11) is 0. The Kier molecular flexibility index (Phi) is 6.81. The van der Waals surface area contributed by atoms with E-state index < -0.39 is 5.79 Å². The van der Waals surface area contributed by atoms with Gasteiger partial charge in [-0.15, -0.1) is 0 Å². The standard InChI is InChI=1S/C16H29IO2/c1-11(2)12(3)7-8-13(4)15-14(9-10-17)18-16(5,6)19-15/h7-8,11-15H,9-10H2,1-6H3/b8-7-/t12-,13?,14+,15-/m1/s1. The summed E-state index contributed by atoms with van der Waals surface area (Å²) in [6.07, 6.45) is 6.10. The Bertz CT molecular complexity index is 299. The summed E-state index contributed by atoms with van der Waals surface area (Å²) in [5, 5.41) is 0. The first-order chi connectivity index (χ1) is 8.76. The Morgan fingerprint density at radius 3 is 2.26 bits per heavy atom. The highest BCUT2D eigenvalue weighted by Crippen LogP contribution is 2.34. The zero-order chi connectivity index (χ0) is 14.6. The third-order valence-electron chi connectivity index (χ3n) is 3.90. The van der Waals surface area contributed by atoms with Gasteiger partial charge in [0, 0.05) is 10.3 Å². The van der Waals surface area contributed by atoms with Crippen molar-refractivity contribution in [2.24, 2.45) is 17.8 Å². The van der Waals surface area contributed by atoms with Gasteiger partial charge in [-0.05, 0) is 32.1 Å². The highest BCUT2D eigenvalue weighted by Gasteiger charge is 2.42. The fourth-order valence-electron chi connectivity index (χ4n) is 2.32. The Balaban J connectivity index is 2.66. The van der Waals surface area contributed by atoms with Crippen LogP contribution >= 0.6 is 22.6 Å². The lowest BCUT2D eigenvalue weighted by Crippen LogP contribution is -2.29. The van der Waals surface area contributed by atoms with Crippen LogP contribution in [0.1, 0.15) is 48.0 Å². The maximum atomic E-state index is 6.09. The Hall–Kier alpha value is 0.390. The van der Waals surface area contributed by atoms with Crippen molar-refractivity contribution in [2.75, 3.05) is 4.43 Å². The molecule has 1 fully saturated rings. The van der Waals surface area contributed by atoms with Crippen molar-refractivity contribution in [3.63, 3.8) is 0 Å². The predicted octanol–water partition coefficient (Wildman–Crippen LogP) is 4.82.